The Morgan fingerprint density at radius 1 is 1.04 bits per heavy atom. The maximum Gasteiger partial charge on any atom is 0.234 e. The molecule has 1 N–H and O–H groups in total. The topological polar surface area (TPSA) is 69.0 Å². The first-order valence-corrected chi connectivity index (χ1v) is 9.13. The highest BCUT2D eigenvalue weighted by Crippen LogP contribution is 2.23. The van der Waals surface area contributed by atoms with Gasteiger partial charge in [-0.15, -0.1) is 10.2 Å². The Labute approximate surface area is 156 Å². The lowest BCUT2D eigenvalue weighted by Crippen LogP contribution is -2.14. The van der Waals surface area contributed by atoms with Crippen LogP contribution in [-0.2, 0) is 11.8 Å². The van der Waals surface area contributed by atoms with Crippen LogP contribution in [-0.4, -0.2) is 26.4 Å². The second-order valence-corrected chi connectivity index (χ2v) is 6.81. The van der Waals surface area contributed by atoms with Crippen LogP contribution >= 0.6 is 11.8 Å². The number of aromatic nitrogens is 3. The van der Waals surface area contributed by atoms with E-state index in [1.54, 1.807) is 0 Å². The largest absolute Gasteiger partial charge is 0.457 e. The van der Waals surface area contributed by atoms with Crippen LogP contribution in [0.2, 0.25) is 0 Å². The van der Waals surface area contributed by atoms with Gasteiger partial charge in [-0.3, -0.25) is 4.79 Å². The molecule has 1 heterocycles. The van der Waals surface area contributed by atoms with E-state index in [1.807, 2.05) is 74.0 Å². The van der Waals surface area contributed by atoms with Gasteiger partial charge < -0.3 is 14.6 Å². The number of benzene rings is 2. The third-order valence-corrected chi connectivity index (χ3v) is 4.80. The van der Waals surface area contributed by atoms with Gasteiger partial charge in [-0.05, 0) is 50.2 Å². The van der Waals surface area contributed by atoms with E-state index >= 15 is 0 Å². The summed E-state index contributed by atoms with van der Waals surface area (Å²) in [7, 11) is 1.88. The van der Waals surface area contributed by atoms with E-state index in [0.29, 0.717) is 0 Å². The average molecular weight is 368 g/mol. The molecule has 0 aliphatic carbocycles. The Balaban J connectivity index is 1.52. The van der Waals surface area contributed by atoms with Gasteiger partial charge in [-0.2, -0.15) is 0 Å². The molecule has 6 nitrogen and oxygen atoms in total. The Morgan fingerprint density at radius 3 is 2.23 bits per heavy atom. The molecule has 3 rings (SSSR count). The lowest BCUT2D eigenvalue weighted by Gasteiger charge is -2.08. The van der Waals surface area contributed by atoms with Crippen molar-refractivity contribution >= 4 is 23.4 Å². The third kappa shape index (κ3) is 4.64. The van der Waals surface area contributed by atoms with Crippen molar-refractivity contribution in [3.63, 3.8) is 0 Å². The fraction of sp³-hybridized carbons (Fsp3) is 0.211. The molecule has 2 aromatic carbocycles. The Bertz CT molecular complexity index is 889. The molecule has 0 aliphatic rings. The lowest BCUT2D eigenvalue weighted by molar-refractivity contribution is -0.113. The van der Waals surface area contributed by atoms with Gasteiger partial charge in [-0.1, -0.05) is 29.5 Å². The van der Waals surface area contributed by atoms with Crippen molar-refractivity contribution < 1.29 is 9.53 Å². The van der Waals surface area contributed by atoms with Crippen LogP contribution in [0.15, 0.2) is 53.7 Å². The monoisotopic (exact) mass is 368 g/mol. The number of nitrogens with one attached hydrogen (secondary N) is 1. The highest BCUT2D eigenvalue weighted by Gasteiger charge is 2.09. The van der Waals surface area contributed by atoms with Gasteiger partial charge in [0.1, 0.15) is 17.3 Å². The maximum absolute atomic E-state index is 12.1. The number of aryl methyl sites for hydroxylation is 2. The fourth-order valence-corrected chi connectivity index (χ4v) is 2.95. The third-order valence-electron chi connectivity index (χ3n) is 3.78. The molecule has 0 fully saturated rings. The number of hydrogen-bond donors (Lipinski definition) is 1. The van der Waals surface area contributed by atoms with Crippen molar-refractivity contribution in [1.29, 1.82) is 0 Å². The van der Waals surface area contributed by atoms with Crippen molar-refractivity contribution in [2.24, 2.45) is 7.05 Å². The maximum atomic E-state index is 12.1. The van der Waals surface area contributed by atoms with Crippen molar-refractivity contribution in [1.82, 2.24) is 14.8 Å². The summed E-state index contributed by atoms with van der Waals surface area (Å²) in [5.41, 5.74) is 1.91. The van der Waals surface area contributed by atoms with Crippen LogP contribution in [0.4, 0.5) is 5.69 Å². The molecule has 0 saturated carbocycles. The van der Waals surface area contributed by atoms with Crippen LogP contribution in [0.25, 0.3) is 0 Å². The van der Waals surface area contributed by atoms with Crippen LogP contribution in [0, 0.1) is 13.8 Å². The minimum Gasteiger partial charge on any atom is -0.457 e. The summed E-state index contributed by atoms with van der Waals surface area (Å²) in [6.45, 7) is 3.91. The normalized spacial score (nSPS) is 10.6. The number of anilines is 1. The molecule has 1 aromatic heterocycles. The first kappa shape index (κ1) is 18.0. The first-order valence-electron chi connectivity index (χ1n) is 8.14. The summed E-state index contributed by atoms with van der Waals surface area (Å²) >= 11 is 1.35. The number of rotatable bonds is 6. The van der Waals surface area contributed by atoms with E-state index < -0.39 is 0 Å². The van der Waals surface area contributed by atoms with E-state index in [2.05, 4.69) is 15.5 Å². The number of hydrogen-bond acceptors (Lipinski definition) is 5. The van der Waals surface area contributed by atoms with E-state index in [1.165, 1.54) is 17.3 Å². The molecule has 0 spiro atoms. The van der Waals surface area contributed by atoms with Gasteiger partial charge in [0.15, 0.2) is 5.16 Å². The van der Waals surface area contributed by atoms with Crippen molar-refractivity contribution in [2.45, 2.75) is 19.0 Å². The second-order valence-electron chi connectivity index (χ2n) is 5.87. The number of ether oxygens (including phenoxy) is 1. The predicted molar refractivity (Wildman–Crippen MR) is 103 cm³/mol. The van der Waals surface area contributed by atoms with E-state index in [0.717, 1.165) is 28.2 Å². The number of carbonyl (C=O) groups is 1. The van der Waals surface area contributed by atoms with Crippen LogP contribution in [0.5, 0.6) is 11.5 Å². The van der Waals surface area contributed by atoms with Crippen LogP contribution in [0.3, 0.4) is 0 Å². The van der Waals surface area contributed by atoms with Gasteiger partial charge in [0.25, 0.3) is 0 Å². The van der Waals surface area contributed by atoms with Crippen LogP contribution < -0.4 is 10.1 Å². The molecule has 1 amide bonds. The Hall–Kier alpha value is -2.80. The average Bonchev–Trinajstić information content (AvgIpc) is 2.95. The van der Waals surface area contributed by atoms with Gasteiger partial charge in [0.2, 0.25) is 5.91 Å². The minimum absolute atomic E-state index is 0.0946. The van der Waals surface area contributed by atoms with Crippen molar-refractivity contribution in [2.75, 3.05) is 11.1 Å². The highest BCUT2D eigenvalue weighted by molar-refractivity contribution is 7.99. The number of thioether (sulfide) groups is 1. The van der Waals surface area contributed by atoms with Gasteiger partial charge in [0, 0.05) is 12.7 Å². The van der Waals surface area contributed by atoms with E-state index in [-0.39, 0.29) is 11.7 Å². The predicted octanol–water partition coefficient (Wildman–Crippen LogP) is 3.96. The van der Waals surface area contributed by atoms with Gasteiger partial charge in [-0.25, -0.2) is 0 Å². The fourth-order valence-electron chi connectivity index (χ4n) is 2.19. The molecule has 7 heteroatoms. The molecule has 0 unspecified atom stereocenters. The van der Waals surface area contributed by atoms with Crippen molar-refractivity contribution in [3.8, 4) is 11.5 Å². The summed E-state index contributed by atoms with van der Waals surface area (Å²) in [6, 6.07) is 15.1. The first-order chi connectivity index (χ1) is 12.5. The smallest absolute Gasteiger partial charge is 0.234 e. The van der Waals surface area contributed by atoms with E-state index in [4.69, 9.17) is 4.74 Å². The summed E-state index contributed by atoms with van der Waals surface area (Å²) in [4.78, 5) is 12.1. The molecule has 0 radical (unpaired) electrons. The minimum atomic E-state index is -0.0946. The van der Waals surface area contributed by atoms with Crippen molar-refractivity contribution in [3.05, 3.63) is 59.9 Å². The Kier molecular flexibility index (Phi) is 5.58. The molecular formula is C19H20N4O2S. The molecule has 0 bridgehead atoms. The van der Waals surface area contributed by atoms with Gasteiger partial charge >= 0.3 is 0 Å². The summed E-state index contributed by atoms with van der Waals surface area (Å²) < 4.78 is 7.64. The molecule has 26 heavy (non-hydrogen) atoms. The lowest BCUT2D eigenvalue weighted by atomic mass is 10.2. The zero-order chi connectivity index (χ0) is 18.5. The molecular weight excluding hydrogens is 348 g/mol. The summed E-state index contributed by atoms with van der Waals surface area (Å²) in [5, 5.41) is 11.6. The molecule has 0 aliphatic heterocycles. The summed E-state index contributed by atoms with van der Waals surface area (Å²) in [5.74, 6) is 2.49. The second kappa shape index (κ2) is 8.05. The number of amides is 1. The number of carbonyl (C=O) groups excluding carboxylic acids is 1. The zero-order valence-corrected chi connectivity index (χ0v) is 15.7. The Morgan fingerprint density at radius 2 is 1.65 bits per heavy atom. The molecule has 0 saturated heterocycles. The molecule has 134 valence electrons. The molecule has 3 aromatic rings. The molecule has 0 atom stereocenters. The van der Waals surface area contributed by atoms with Crippen LogP contribution in [0.1, 0.15) is 11.4 Å². The SMILES string of the molecule is Cc1ccc(Oc2ccc(NC(=O)CSc3nnc(C)n3C)cc2)cc1. The highest BCUT2D eigenvalue weighted by atomic mass is 32.2. The van der Waals surface area contributed by atoms with E-state index in [9.17, 15) is 4.79 Å². The standard InChI is InChI=1S/C19H20N4O2S/c1-13-4-8-16(9-5-13)25-17-10-6-15(7-11-17)20-18(24)12-26-19-22-21-14(2)23(19)3/h4-11H,12H2,1-3H3,(H,20,24). The number of nitrogens with zero attached hydrogens (tertiary/aromatic N) is 3. The quantitative estimate of drug-likeness (QED) is 0.667. The summed E-state index contributed by atoms with van der Waals surface area (Å²) in [6.07, 6.45) is 0. The van der Waals surface area contributed by atoms with Gasteiger partial charge in [0.05, 0.1) is 5.75 Å². The zero-order valence-electron chi connectivity index (χ0n) is 14.9.